The van der Waals surface area contributed by atoms with Crippen LogP contribution >= 0.6 is 11.6 Å². The van der Waals surface area contributed by atoms with E-state index in [2.05, 4.69) is 46.1 Å². The van der Waals surface area contributed by atoms with E-state index in [1.54, 1.807) is 13.2 Å². The first-order chi connectivity index (χ1) is 26.3. The third-order valence-electron chi connectivity index (χ3n) is 10.4. The van der Waals surface area contributed by atoms with E-state index in [1.807, 2.05) is 48.5 Å². The summed E-state index contributed by atoms with van der Waals surface area (Å²) in [4.78, 5) is 37.4. The Bertz CT molecular complexity index is 2770. The van der Waals surface area contributed by atoms with Gasteiger partial charge in [-0.3, -0.25) is 19.9 Å². The number of carbonyl (C=O) groups excluding carboxylic acids is 1. The molecule has 54 heavy (non-hydrogen) atoms. The number of nitro groups is 1. The van der Waals surface area contributed by atoms with Gasteiger partial charge in [0.1, 0.15) is 5.75 Å². The highest BCUT2D eigenvalue weighted by atomic mass is 35.5. The maximum Gasteiger partial charge on any atom is 0.271 e. The fraction of sp³-hybridized carbons (Fsp3) is 0.233. The number of nitro benzene ring substituents is 1. The first-order valence-electron chi connectivity index (χ1n) is 18.2. The number of H-pyrrole nitrogens is 1. The highest BCUT2D eigenvalue weighted by molar-refractivity contribution is 6.30. The van der Waals surface area contributed by atoms with Crippen LogP contribution in [0.25, 0.3) is 54.5 Å². The molecule has 0 aliphatic rings. The molecule has 11 heteroatoms. The Morgan fingerprint density at radius 2 is 1.76 bits per heavy atom. The molecule has 8 aromatic rings. The Hall–Kier alpha value is -6.00. The number of fused-ring (bicyclic) bond motifs is 5. The van der Waals surface area contributed by atoms with Crippen molar-refractivity contribution < 1.29 is 14.5 Å². The van der Waals surface area contributed by atoms with Crippen molar-refractivity contribution in [3.8, 4) is 5.75 Å². The minimum Gasteiger partial charge on any atom is -0.497 e. The second kappa shape index (κ2) is 14.8. The largest absolute Gasteiger partial charge is 0.497 e. The van der Waals surface area contributed by atoms with Gasteiger partial charge in [-0.2, -0.15) is 0 Å². The third-order valence-corrected chi connectivity index (χ3v) is 10.7. The van der Waals surface area contributed by atoms with E-state index >= 15 is 0 Å². The van der Waals surface area contributed by atoms with Gasteiger partial charge >= 0.3 is 0 Å². The van der Waals surface area contributed by atoms with Gasteiger partial charge in [-0.1, -0.05) is 60.8 Å². The van der Waals surface area contributed by atoms with Gasteiger partial charge in [0.05, 0.1) is 45.9 Å². The number of benzene rings is 5. The van der Waals surface area contributed by atoms with E-state index in [0.29, 0.717) is 42.1 Å². The molecule has 0 radical (unpaired) electrons. The first kappa shape index (κ1) is 35.1. The first-order valence-corrected chi connectivity index (χ1v) is 18.6. The number of halogens is 1. The van der Waals surface area contributed by atoms with Crippen LogP contribution in [0.5, 0.6) is 5.75 Å². The molecule has 8 rings (SSSR count). The van der Waals surface area contributed by atoms with Crippen LogP contribution in [0.15, 0.2) is 96.0 Å². The highest BCUT2D eigenvalue weighted by Crippen LogP contribution is 2.36. The maximum absolute atomic E-state index is 13.2. The molecule has 0 unspecified atom stereocenters. The number of nitrogens with one attached hydrogen (secondary N) is 2. The van der Waals surface area contributed by atoms with Crippen LogP contribution in [0.1, 0.15) is 42.5 Å². The number of amides is 1. The van der Waals surface area contributed by atoms with Gasteiger partial charge in [-0.05, 0) is 73.4 Å². The second-order valence-electron chi connectivity index (χ2n) is 13.8. The molecule has 272 valence electrons. The number of carbonyl (C=O) groups is 1. The Morgan fingerprint density at radius 1 is 0.944 bits per heavy atom. The summed E-state index contributed by atoms with van der Waals surface area (Å²) in [5.74, 6) is 0.776. The lowest BCUT2D eigenvalue weighted by Crippen LogP contribution is -2.26. The summed E-state index contributed by atoms with van der Waals surface area (Å²) >= 11 is 6.12. The van der Waals surface area contributed by atoms with Crippen molar-refractivity contribution >= 4 is 77.7 Å². The minimum atomic E-state index is -0.395. The van der Waals surface area contributed by atoms with Gasteiger partial charge in [0.2, 0.25) is 5.91 Å². The number of unbranched alkanes of at least 4 members (excludes halogenated alkanes) is 3. The number of ether oxygens (including phenoxy) is 1. The van der Waals surface area contributed by atoms with Crippen LogP contribution < -0.4 is 15.4 Å². The van der Waals surface area contributed by atoms with Gasteiger partial charge in [0, 0.05) is 74.9 Å². The fourth-order valence-electron chi connectivity index (χ4n) is 7.63. The quantitative estimate of drug-likeness (QED) is 0.0693. The smallest absolute Gasteiger partial charge is 0.271 e. The van der Waals surface area contributed by atoms with Crippen LogP contribution in [0.2, 0.25) is 5.02 Å². The monoisotopic (exact) mass is 738 g/mol. The van der Waals surface area contributed by atoms with Crippen molar-refractivity contribution in [2.24, 2.45) is 4.99 Å². The van der Waals surface area contributed by atoms with Crippen LogP contribution in [0.4, 0.5) is 5.69 Å². The molecule has 2 heterocycles. The van der Waals surface area contributed by atoms with Gasteiger partial charge in [0.25, 0.3) is 5.69 Å². The predicted molar refractivity (Wildman–Crippen MR) is 216 cm³/mol. The number of hydrogen-bond donors (Lipinski definition) is 2. The van der Waals surface area contributed by atoms with Crippen LogP contribution in [0, 0.1) is 17.0 Å². The molecule has 1 amide bonds. The molecule has 0 bridgehead atoms. The van der Waals surface area contributed by atoms with Crippen molar-refractivity contribution in [3.05, 3.63) is 128 Å². The zero-order valence-electron chi connectivity index (χ0n) is 30.1. The standard InChI is InChI=1S/C43H39ClN6O4/c1-26-34(35-23-30(54-2)15-19-39(35)49(26)25-27-10-12-28(44)13-11-27)24-40(51)46-21-6-4-3-5-20-45-36-18-16-33-41-31(36)8-7-9-32(41)42-43(33)48-38-22-29(50(52)53)14-17-37(38)47-42/h7-19,22-23,48H,3-6,20-21,24-25H2,1-2H3,(H,46,51). The molecule has 0 spiro atoms. The lowest BCUT2D eigenvalue weighted by Gasteiger charge is -2.10. The molecule has 0 saturated carbocycles. The van der Waals surface area contributed by atoms with Crippen LogP contribution in [-0.4, -0.2) is 45.6 Å². The van der Waals surface area contributed by atoms with E-state index in [0.717, 1.165) is 97.1 Å². The summed E-state index contributed by atoms with van der Waals surface area (Å²) in [6, 6.07) is 28.9. The van der Waals surface area contributed by atoms with E-state index in [1.165, 1.54) is 12.1 Å². The molecule has 6 aromatic carbocycles. The summed E-state index contributed by atoms with van der Waals surface area (Å²) in [6.45, 7) is 4.09. The van der Waals surface area contributed by atoms with E-state index in [9.17, 15) is 14.9 Å². The minimum absolute atomic E-state index is 0.0119. The van der Waals surface area contributed by atoms with Crippen molar-refractivity contribution in [2.75, 3.05) is 20.2 Å². The van der Waals surface area contributed by atoms with Crippen molar-refractivity contribution in [2.45, 2.75) is 45.6 Å². The van der Waals surface area contributed by atoms with Gasteiger partial charge < -0.3 is 19.6 Å². The summed E-state index contributed by atoms with van der Waals surface area (Å²) in [6.07, 6.45) is 4.16. The van der Waals surface area contributed by atoms with E-state index < -0.39 is 4.92 Å². The third kappa shape index (κ3) is 6.69. The van der Waals surface area contributed by atoms with Gasteiger partial charge in [-0.15, -0.1) is 0 Å². The van der Waals surface area contributed by atoms with Gasteiger partial charge in [0.15, 0.2) is 0 Å². The molecule has 0 saturated heterocycles. The molecule has 0 aliphatic heterocycles. The summed E-state index contributed by atoms with van der Waals surface area (Å²) in [5.41, 5.74) is 7.32. The summed E-state index contributed by atoms with van der Waals surface area (Å²) in [7, 11) is 1.66. The lowest BCUT2D eigenvalue weighted by molar-refractivity contribution is -0.384. The maximum atomic E-state index is 13.2. The molecule has 0 fully saturated rings. The number of aromatic amines is 1. The highest BCUT2D eigenvalue weighted by Gasteiger charge is 2.19. The molecule has 0 aliphatic carbocycles. The fourth-order valence-corrected chi connectivity index (χ4v) is 7.75. The molecule has 0 atom stereocenters. The van der Waals surface area contributed by atoms with Crippen molar-refractivity contribution in [3.63, 3.8) is 0 Å². The molecule has 2 N–H and O–H groups in total. The predicted octanol–water partition coefficient (Wildman–Crippen LogP) is 9.16. The Morgan fingerprint density at radius 3 is 2.57 bits per heavy atom. The van der Waals surface area contributed by atoms with Crippen molar-refractivity contribution in [1.29, 1.82) is 0 Å². The number of nitrogens with zero attached hydrogens (tertiary/aromatic N) is 4. The average Bonchev–Trinajstić information content (AvgIpc) is 3.63. The number of methoxy groups -OCH3 is 1. The number of aromatic nitrogens is 3. The number of non-ortho nitro benzene ring substituents is 1. The van der Waals surface area contributed by atoms with Gasteiger partial charge in [-0.25, -0.2) is 4.98 Å². The number of rotatable bonds is 13. The molecule has 2 aromatic heterocycles. The summed E-state index contributed by atoms with van der Waals surface area (Å²) < 4.78 is 7.77. The molecular weight excluding hydrogens is 700 g/mol. The molecule has 10 nitrogen and oxygen atoms in total. The zero-order chi connectivity index (χ0) is 37.3. The average molecular weight is 739 g/mol. The SMILES string of the molecule is COc1ccc2c(c1)c(CC(=O)NCCCCCCN=c1ccc3c4[nH]c5cc([N+](=O)[O-])ccc5nc4c4cccc1c43)c(C)n2Cc1ccc(Cl)cc1. The molecular formula is C43H39ClN6O4. The topological polar surface area (TPSA) is 127 Å². The van der Waals surface area contributed by atoms with E-state index in [4.69, 9.17) is 26.3 Å². The Kier molecular flexibility index (Phi) is 9.60. The Balaban J connectivity index is 0.881. The summed E-state index contributed by atoms with van der Waals surface area (Å²) in [5, 5.41) is 21.4. The number of hydrogen-bond acceptors (Lipinski definition) is 6. The Labute approximate surface area is 315 Å². The van der Waals surface area contributed by atoms with E-state index in [-0.39, 0.29) is 11.6 Å². The second-order valence-corrected chi connectivity index (χ2v) is 14.2. The zero-order valence-corrected chi connectivity index (χ0v) is 30.9. The van der Waals surface area contributed by atoms with Crippen LogP contribution in [-0.2, 0) is 17.8 Å². The normalized spacial score (nSPS) is 12.2. The van der Waals surface area contributed by atoms with Crippen LogP contribution in [0.3, 0.4) is 0 Å². The van der Waals surface area contributed by atoms with Crippen molar-refractivity contribution in [1.82, 2.24) is 19.9 Å². The lowest BCUT2D eigenvalue weighted by atomic mass is 10.1.